The van der Waals surface area contributed by atoms with Crippen molar-refractivity contribution in [2.75, 3.05) is 14.1 Å². The van der Waals surface area contributed by atoms with Gasteiger partial charge >= 0.3 is 35.5 Å². The number of esters is 1. The van der Waals surface area contributed by atoms with Crippen LogP contribution in [0, 0.1) is 25.5 Å². The van der Waals surface area contributed by atoms with E-state index in [0.717, 1.165) is 27.8 Å². The number of carbonyl (C=O) groups excluding carboxylic acids is 2. The molecule has 1 saturated heterocycles. The van der Waals surface area contributed by atoms with Crippen LogP contribution in [0.2, 0.25) is 0 Å². The molecule has 0 aliphatic carbocycles. The van der Waals surface area contributed by atoms with Crippen molar-refractivity contribution in [2.45, 2.75) is 152 Å². The van der Waals surface area contributed by atoms with Crippen LogP contribution in [-0.2, 0) is 60.6 Å². The van der Waals surface area contributed by atoms with Gasteiger partial charge in [0.15, 0.2) is 0 Å². The number of nitrogens with zero attached hydrogens (tertiary/aromatic N) is 4. The number of aryl methyl sites for hydroxylation is 2. The molecule has 15 nitrogen and oxygen atoms in total. The minimum atomic E-state index is -4.13. The van der Waals surface area contributed by atoms with Crippen molar-refractivity contribution < 1.29 is 89.9 Å². The van der Waals surface area contributed by atoms with Gasteiger partial charge in [-0.05, 0) is 120 Å². The molecule has 90 heavy (non-hydrogen) atoms. The molecule has 0 saturated carbocycles. The van der Waals surface area contributed by atoms with E-state index >= 15 is 0 Å². The minimum Gasteiger partial charge on any atom is -0.550 e. The predicted octanol–water partition coefficient (Wildman–Crippen LogP) is 8.53. The molecule has 0 amide bonds. The number of rotatable bonds is 24. The number of halogens is 2. The smallest absolute Gasteiger partial charge is 0.550 e. The number of hydrogen-bond donors (Lipinski definition) is 3. The molecule has 1 fully saturated rings. The van der Waals surface area contributed by atoms with Crippen LogP contribution < -0.4 is 34.7 Å². The van der Waals surface area contributed by atoms with Crippen molar-refractivity contribution in [1.82, 2.24) is 17.7 Å². The minimum absolute atomic E-state index is 0. The monoisotopic (exact) mass is 1280 g/mol. The second kappa shape index (κ2) is 31.1. The normalized spacial score (nSPS) is 15.1. The van der Waals surface area contributed by atoms with Crippen LogP contribution in [0.25, 0.3) is 44.8 Å². The number of carboxylic acids is 1. The molecule has 472 valence electrons. The predicted molar refractivity (Wildman–Crippen MR) is 339 cm³/mol. The summed E-state index contributed by atoms with van der Waals surface area (Å²) < 4.78 is 99.2. The van der Waals surface area contributed by atoms with E-state index in [1.807, 2.05) is 160 Å². The number of benzene rings is 6. The van der Waals surface area contributed by atoms with Gasteiger partial charge in [-0.25, -0.2) is 25.6 Å². The molecular weight excluding hydrogens is 1200 g/mol. The first-order valence-electron chi connectivity index (χ1n) is 29.9. The Morgan fingerprint density at radius 1 is 0.611 bits per heavy atom. The van der Waals surface area contributed by atoms with Crippen molar-refractivity contribution in [1.29, 1.82) is 0 Å². The molecule has 2 aromatic heterocycles. The molecule has 20 heteroatoms. The number of aliphatic hydroxyl groups is 3. The number of carbonyl (C=O) groups is 2. The van der Waals surface area contributed by atoms with Gasteiger partial charge in [0.05, 0.1) is 36.1 Å². The fraction of sp³-hybridized carbons (Fsp3) is 0.343. The van der Waals surface area contributed by atoms with Gasteiger partial charge < -0.3 is 39.1 Å². The number of cyclic esters (lactones) is 1. The number of sulfonamides is 2. The SMILES string of the molecule is Cc1ccc(-c2c(S(=O)(=O)N(C)Cc3ccccc3)c(C(C)C)n(CCC3C[C@@H](O)CC(=O)O3)c2-c2ccc(F)cc2)cc1.Cc1ccc(-c2c(S(=O)(=O)N(C)Cc3ccccc3)c(C(C)C)n(CC[C@@H](O)C[C@@H](O)CC(=O)[O-])c2-c2ccc(F)cc2)cc1.[Na+]. The van der Waals surface area contributed by atoms with Gasteiger partial charge in [-0.3, -0.25) is 4.79 Å². The Hall–Kier alpha value is -6.62. The quantitative estimate of drug-likeness (QED) is 0.0385. The third-order valence-electron chi connectivity index (χ3n) is 15.9. The maximum absolute atomic E-state index is 14.7. The van der Waals surface area contributed by atoms with Crippen LogP contribution in [0.1, 0.15) is 112 Å². The first kappa shape index (κ1) is 70.8. The van der Waals surface area contributed by atoms with Crippen molar-refractivity contribution in [2.24, 2.45) is 0 Å². The number of aromatic nitrogens is 2. The molecule has 0 spiro atoms. The molecule has 3 heterocycles. The zero-order chi connectivity index (χ0) is 64.5. The summed E-state index contributed by atoms with van der Waals surface area (Å²) in [4.78, 5) is 23.4. The number of aliphatic hydroxyl groups excluding tert-OH is 3. The Kier molecular flexibility index (Phi) is 24.5. The van der Waals surface area contributed by atoms with E-state index in [-0.39, 0.29) is 90.1 Å². The molecule has 4 atom stereocenters. The molecule has 1 unspecified atom stereocenters. The van der Waals surface area contributed by atoms with E-state index in [9.17, 15) is 55.6 Å². The van der Waals surface area contributed by atoms with E-state index < -0.39 is 74.5 Å². The third-order valence-corrected chi connectivity index (χ3v) is 19.7. The molecule has 3 N–H and O–H groups in total. The maximum atomic E-state index is 14.7. The molecule has 0 radical (unpaired) electrons. The first-order valence-corrected chi connectivity index (χ1v) is 32.8. The maximum Gasteiger partial charge on any atom is 1.00 e. The van der Waals surface area contributed by atoms with E-state index in [1.165, 1.54) is 32.9 Å². The summed E-state index contributed by atoms with van der Waals surface area (Å²) in [6.45, 7) is 12.4. The van der Waals surface area contributed by atoms with E-state index in [0.29, 0.717) is 70.0 Å². The molecule has 6 aromatic carbocycles. The zero-order valence-corrected chi connectivity index (χ0v) is 56.1. The summed E-state index contributed by atoms with van der Waals surface area (Å²) in [6.07, 6.45) is -3.71. The Bertz CT molecular complexity index is 3940. The first-order chi connectivity index (χ1) is 42.2. The molecule has 8 aromatic rings. The van der Waals surface area contributed by atoms with Crippen LogP contribution in [0.3, 0.4) is 0 Å². The van der Waals surface area contributed by atoms with E-state index in [1.54, 1.807) is 38.4 Å². The fourth-order valence-corrected chi connectivity index (χ4v) is 15.0. The average molecular weight is 1280 g/mol. The summed E-state index contributed by atoms with van der Waals surface area (Å²) in [5, 5.41) is 42.0. The van der Waals surface area contributed by atoms with Crippen molar-refractivity contribution >= 4 is 32.0 Å². The van der Waals surface area contributed by atoms with Gasteiger partial charge in [-0.15, -0.1) is 0 Å². The molecule has 0 bridgehead atoms. The van der Waals surface area contributed by atoms with Gasteiger partial charge in [0.1, 0.15) is 27.5 Å². The van der Waals surface area contributed by atoms with Gasteiger partial charge in [0, 0.05) is 88.0 Å². The number of aliphatic carboxylic acids is 1. The van der Waals surface area contributed by atoms with Crippen molar-refractivity contribution in [3.05, 3.63) is 203 Å². The second-order valence-corrected chi connectivity index (χ2v) is 27.6. The summed E-state index contributed by atoms with van der Waals surface area (Å²) in [5.41, 5.74) is 9.69. The molecular formula is C70H79F2N4NaO11S2. The Labute approximate surface area is 550 Å². The van der Waals surface area contributed by atoms with Gasteiger partial charge in [-0.2, -0.15) is 8.61 Å². The fourth-order valence-electron chi connectivity index (χ4n) is 11.6. The number of carboxylic acid groups (broad SMARTS) is 1. The Morgan fingerprint density at radius 3 is 1.38 bits per heavy atom. The molecule has 1 aliphatic rings. The summed E-state index contributed by atoms with van der Waals surface area (Å²) in [5.74, 6) is -3.22. The van der Waals surface area contributed by atoms with Crippen molar-refractivity contribution in [3.8, 4) is 44.8 Å². The van der Waals surface area contributed by atoms with Gasteiger partial charge in [0.2, 0.25) is 20.0 Å². The number of hydrogen-bond acceptors (Lipinski definition) is 11. The second-order valence-electron chi connectivity index (χ2n) is 23.6. The summed E-state index contributed by atoms with van der Waals surface area (Å²) in [7, 11) is -5.06. The van der Waals surface area contributed by atoms with E-state index in [2.05, 4.69) is 0 Å². The van der Waals surface area contributed by atoms with Crippen LogP contribution >= 0.6 is 0 Å². The number of ether oxygens (including phenoxy) is 1. The zero-order valence-electron chi connectivity index (χ0n) is 52.5. The summed E-state index contributed by atoms with van der Waals surface area (Å²) >= 11 is 0. The largest absolute Gasteiger partial charge is 1.00 e. The molecule has 1 aliphatic heterocycles. The van der Waals surface area contributed by atoms with Gasteiger partial charge in [0.25, 0.3) is 0 Å². The van der Waals surface area contributed by atoms with Crippen molar-refractivity contribution in [3.63, 3.8) is 0 Å². The van der Waals surface area contributed by atoms with Crippen LogP contribution in [0.4, 0.5) is 8.78 Å². The summed E-state index contributed by atoms with van der Waals surface area (Å²) in [6, 6.07) is 45.9. The Morgan fingerprint density at radius 2 is 1.00 bits per heavy atom. The standard InChI is InChI=1S/C35H41FN2O6S.C35H39FN2O5S.Na/c1-23(2)33-35(45(43,44)37(4)22-25-8-6-5-7-9-25)32(26-12-10-24(3)11-13-26)34(27-14-16-28(36)17-15-27)38(33)19-18-29(39)20-30(40)21-31(41)42;1-23(2)33-35(44(41,42)37(4)22-25-8-6-5-7-9-25)32(26-12-10-24(3)11-13-26)34(27-14-16-28(36)17-15-27)38(33)19-18-30-20-29(39)21-31(40)43-30;/h5-17,23,29-30,39-40H,18-22H2,1-4H3,(H,41,42);5-17,23,29-30,39H,18-22H2,1-4H3;/q;;+1/p-1/t29-,30-;29-,30?;/m11./s1. The van der Waals surface area contributed by atoms with Crippen LogP contribution in [0.5, 0.6) is 0 Å². The Balaban J connectivity index is 0.000000253. The van der Waals surface area contributed by atoms with Crippen LogP contribution in [-0.4, -0.2) is 100 Å². The van der Waals surface area contributed by atoms with Gasteiger partial charge in [-0.1, -0.05) is 148 Å². The topological polar surface area (TPSA) is 212 Å². The van der Waals surface area contributed by atoms with E-state index in [4.69, 9.17) is 4.74 Å². The average Bonchev–Trinajstić information content (AvgIpc) is 1.58. The van der Waals surface area contributed by atoms with Crippen LogP contribution in [0.15, 0.2) is 168 Å². The third kappa shape index (κ3) is 17.1. The molecule has 9 rings (SSSR count).